The minimum absolute atomic E-state index is 0.0197. The number of carbonyl (C=O) groups is 2. The number of aromatic nitrogens is 1. The zero-order valence-electron chi connectivity index (χ0n) is 14.7. The first-order chi connectivity index (χ1) is 13.1. The molecule has 1 aromatic heterocycles. The van der Waals surface area contributed by atoms with Crippen molar-refractivity contribution in [1.82, 2.24) is 5.16 Å². The van der Waals surface area contributed by atoms with Gasteiger partial charge in [0.05, 0.1) is 0 Å². The largest absolute Gasteiger partial charge is 0.465 e. The Kier molecular flexibility index (Phi) is 4.24. The lowest BCUT2D eigenvalue weighted by Gasteiger charge is -2.08. The van der Waals surface area contributed by atoms with Crippen LogP contribution in [0.2, 0.25) is 0 Å². The van der Waals surface area contributed by atoms with E-state index >= 15 is 0 Å². The van der Waals surface area contributed by atoms with Gasteiger partial charge in [-0.2, -0.15) is 0 Å². The first-order valence-corrected chi connectivity index (χ1v) is 8.72. The average Bonchev–Trinajstić information content (AvgIpc) is 3.24. The van der Waals surface area contributed by atoms with E-state index in [0.717, 1.165) is 41.4 Å². The van der Waals surface area contributed by atoms with Gasteiger partial charge in [0.2, 0.25) is 0 Å². The van der Waals surface area contributed by atoms with Crippen LogP contribution in [0.3, 0.4) is 0 Å². The topological polar surface area (TPSA) is 92.4 Å². The number of benzene rings is 2. The van der Waals surface area contributed by atoms with E-state index in [9.17, 15) is 9.59 Å². The third-order valence-corrected chi connectivity index (χ3v) is 5.01. The summed E-state index contributed by atoms with van der Waals surface area (Å²) in [5, 5.41) is 15.2. The maximum absolute atomic E-state index is 11.1. The molecule has 1 atom stereocenters. The second-order valence-electron chi connectivity index (χ2n) is 6.67. The number of nitrogens with one attached hydrogen (secondary N) is 1. The Morgan fingerprint density at radius 2 is 1.89 bits per heavy atom. The fourth-order valence-electron chi connectivity index (χ4n) is 3.61. The summed E-state index contributed by atoms with van der Waals surface area (Å²) >= 11 is 0. The van der Waals surface area contributed by atoms with Crippen LogP contribution in [0.4, 0.5) is 10.5 Å². The smallest absolute Gasteiger partial charge is 0.409 e. The highest BCUT2D eigenvalue weighted by Gasteiger charge is 2.22. The third-order valence-electron chi connectivity index (χ3n) is 5.01. The third kappa shape index (κ3) is 3.10. The van der Waals surface area contributed by atoms with Crippen LogP contribution < -0.4 is 5.32 Å². The van der Waals surface area contributed by atoms with Gasteiger partial charge in [-0.25, -0.2) is 4.79 Å². The number of aldehydes is 1. The Bertz CT molecular complexity index is 1020. The van der Waals surface area contributed by atoms with Gasteiger partial charge in [0.1, 0.15) is 17.7 Å². The summed E-state index contributed by atoms with van der Waals surface area (Å²) in [7, 11) is 0. The van der Waals surface area contributed by atoms with Gasteiger partial charge in [-0.3, -0.25) is 5.32 Å². The van der Waals surface area contributed by atoms with Crippen LogP contribution >= 0.6 is 0 Å². The van der Waals surface area contributed by atoms with E-state index in [0.29, 0.717) is 17.1 Å². The summed E-state index contributed by atoms with van der Waals surface area (Å²) < 4.78 is 5.30. The molecule has 1 amide bonds. The van der Waals surface area contributed by atoms with Crippen molar-refractivity contribution in [2.75, 3.05) is 5.32 Å². The molecule has 1 unspecified atom stereocenters. The predicted molar refractivity (Wildman–Crippen MR) is 101 cm³/mol. The number of carboxylic acid groups (broad SMARTS) is 1. The fourth-order valence-corrected chi connectivity index (χ4v) is 3.61. The SMILES string of the molecule is Cc1noc(-c2ccc(-c3ccc4c(c3)CCC4C=O)cc2)c1NC(=O)O. The molecule has 27 heavy (non-hydrogen) atoms. The minimum Gasteiger partial charge on any atom is -0.465 e. The van der Waals surface area contributed by atoms with Crippen molar-refractivity contribution < 1.29 is 19.2 Å². The number of rotatable bonds is 4. The van der Waals surface area contributed by atoms with E-state index < -0.39 is 6.09 Å². The lowest BCUT2D eigenvalue weighted by Crippen LogP contribution is -2.08. The van der Waals surface area contributed by atoms with Gasteiger partial charge < -0.3 is 14.4 Å². The van der Waals surface area contributed by atoms with Crippen LogP contribution in [-0.2, 0) is 11.2 Å². The van der Waals surface area contributed by atoms with E-state index in [1.165, 1.54) is 5.56 Å². The standard InChI is InChI=1S/C21H18N2O4/c1-12-19(22-21(25)26)20(27-23-12)14-4-2-13(3-5-14)15-8-9-18-16(10-15)6-7-17(18)11-24/h2-5,8-11,17,22H,6-7H2,1H3,(H,25,26). The Balaban J connectivity index is 1.64. The van der Waals surface area contributed by atoms with Gasteiger partial charge in [0, 0.05) is 11.5 Å². The van der Waals surface area contributed by atoms with E-state index in [1.54, 1.807) is 6.92 Å². The van der Waals surface area contributed by atoms with Gasteiger partial charge in [-0.1, -0.05) is 47.6 Å². The van der Waals surface area contributed by atoms with Crippen LogP contribution in [0.15, 0.2) is 47.0 Å². The number of aryl methyl sites for hydroxylation is 2. The van der Waals surface area contributed by atoms with E-state index in [-0.39, 0.29) is 5.92 Å². The van der Waals surface area contributed by atoms with Crippen LogP contribution in [0.1, 0.15) is 29.2 Å². The molecule has 0 bridgehead atoms. The summed E-state index contributed by atoms with van der Waals surface area (Å²) in [6, 6.07) is 13.9. The number of hydrogen-bond acceptors (Lipinski definition) is 4. The van der Waals surface area contributed by atoms with Crippen LogP contribution in [-0.4, -0.2) is 22.6 Å². The second kappa shape index (κ2) is 6.72. The first-order valence-electron chi connectivity index (χ1n) is 8.72. The summed E-state index contributed by atoms with van der Waals surface area (Å²) in [6.45, 7) is 1.68. The fraction of sp³-hybridized carbons (Fsp3) is 0.190. The van der Waals surface area contributed by atoms with E-state index in [2.05, 4.69) is 16.5 Å². The molecule has 0 fully saturated rings. The van der Waals surface area contributed by atoms with Gasteiger partial charge in [-0.05, 0) is 42.0 Å². The number of anilines is 1. The van der Waals surface area contributed by atoms with E-state index in [1.807, 2.05) is 36.4 Å². The van der Waals surface area contributed by atoms with Crippen molar-refractivity contribution in [1.29, 1.82) is 0 Å². The summed E-state index contributed by atoms with van der Waals surface area (Å²) in [5.74, 6) is 0.413. The van der Waals surface area contributed by atoms with Crippen molar-refractivity contribution in [3.8, 4) is 22.5 Å². The zero-order chi connectivity index (χ0) is 19.0. The summed E-state index contributed by atoms with van der Waals surface area (Å²) in [6.07, 6.45) is 1.67. The van der Waals surface area contributed by atoms with Crippen LogP contribution in [0.5, 0.6) is 0 Å². The molecule has 0 aliphatic heterocycles. The Morgan fingerprint density at radius 3 is 2.59 bits per heavy atom. The monoisotopic (exact) mass is 362 g/mol. The number of hydrogen-bond donors (Lipinski definition) is 2. The predicted octanol–water partition coefficient (Wildman–Crippen LogP) is 4.64. The lowest BCUT2D eigenvalue weighted by molar-refractivity contribution is -0.109. The minimum atomic E-state index is -1.16. The molecule has 0 spiro atoms. The highest BCUT2D eigenvalue weighted by molar-refractivity contribution is 5.89. The number of carbonyl (C=O) groups excluding carboxylic acids is 1. The van der Waals surface area contributed by atoms with Gasteiger partial charge >= 0.3 is 6.09 Å². The molecule has 2 aromatic carbocycles. The Morgan fingerprint density at radius 1 is 1.19 bits per heavy atom. The molecule has 0 saturated carbocycles. The van der Waals surface area contributed by atoms with Crippen molar-refractivity contribution in [3.63, 3.8) is 0 Å². The average molecular weight is 362 g/mol. The lowest BCUT2D eigenvalue weighted by atomic mass is 9.97. The van der Waals surface area contributed by atoms with Crippen molar-refractivity contribution in [2.24, 2.45) is 0 Å². The molecule has 1 heterocycles. The molecular weight excluding hydrogens is 344 g/mol. The molecule has 1 aliphatic carbocycles. The van der Waals surface area contributed by atoms with Gasteiger partial charge in [-0.15, -0.1) is 0 Å². The molecule has 6 nitrogen and oxygen atoms in total. The molecule has 0 radical (unpaired) electrons. The number of fused-ring (bicyclic) bond motifs is 1. The highest BCUT2D eigenvalue weighted by Crippen LogP contribution is 2.36. The van der Waals surface area contributed by atoms with E-state index in [4.69, 9.17) is 9.63 Å². The van der Waals surface area contributed by atoms with Crippen molar-refractivity contribution >= 4 is 18.1 Å². The van der Waals surface area contributed by atoms with Crippen LogP contribution in [0.25, 0.3) is 22.5 Å². The van der Waals surface area contributed by atoms with Crippen molar-refractivity contribution in [2.45, 2.75) is 25.7 Å². The Labute approximate surface area is 155 Å². The number of amides is 1. The maximum Gasteiger partial charge on any atom is 0.409 e. The second-order valence-corrected chi connectivity index (χ2v) is 6.67. The molecule has 1 aliphatic rings. The van der Waals surface area contributed by atoms with Gasteiger partial charge in [0.25, 0.3) is 0 Å². The quantitative estimate of drug-likeness (QED) is 0.660. The maximum atomic E-state index is 11.1. The molecule has 0 saturated heterocycles. The van der Waals surface area contributed by atoms with Crippen LogP contribution in [0, 0.1) is 6.92 Å². The highest BCUT2D eigenvalue weighted by atomic mass is 16.5. The molecule has 4 rings (SSSR count). The molecule has 2 N–H and O–H groups in total. The molecular formula is C21H18N2O4. The molecule has 136 valence electrons. The first kappa shape index (κ1) is 17.0. The van der Waals surface area contributed by atoms with Crippen molar-refractivity contribution in [3.05, 3.63) is 59.3 Å². The van der Waals surface area contributed by atoms with Gasteiger partial charge in [0.15, 0.2) is 5.76 Å². The molecule has 3 aromatic rings. The summed E-state index contributed by atoms with van der Waals surface area (Å²) in [4.78, 5) is 22.1. The molecule has 6 heteroatoms. The summed E-state index contributed by atoms with van der Waals surface area (Å²) in [5.41, 5.74) is 6.07. The normalized spacial score (nSPS) is 15.4. The zero-order valence-corrected chi connectivity index (χ0v) is 14.7. The number of nitrogens with zero attached hydrogens (tertiary/aromatic N) is 1. The Hall–Kier alpha value is -3.41.